The average Bonchev–Trinajstić information content (AvgIpc) is 1.85. The third-order valence-corrected chi connectivity index (χ3v) is 2.09. The molecule has 0 amide bonds. The van der Waals surface area contributed by atoms with Crippen LogP contribution in [0.5, 0.6) is 0 Å². The van der Waals surface area contributed by atoms with Crippen molar-refractivity contribution in [3.05, 3.63) is 0 Å². The minimum Gasteiger partial charge on any atom is -0.392 e. The minimum absolute atomic E-state index is 0.290. The van der Waals surface area contributed by atoms with Crippen molar-refractivity contribution in [1.29, 1.82) is 0 Å². The summed E-state index contributed by atoms with van der Waals surface area (Å²) in [7, 11) is -0.682. The standard InChI is InChI=1S/C7H17NO2S/c1-7(9)6-8-4-3-5-11(2)10/h7-9H,3-6H2,1-2H3. The quantitative estimate of drug-likeness (QED) is 0.552. The van der Waals surface area contributed by atoms with E-state index in [1.54, 1.807) is 13.2 Å². The van der Waals surface area contributed by atoms with Crippen molar-refractivity contribution >= 4 is 10.8 Å². The van der Waals surface area contributed by atoms with E-state index in [0.29, 0.717) is 6.54 Å². The van der Waals surface area contributed by atoms with Gasteiger partial charge < -0.3 is 10.4 Å². The van der Waals surface area contributed by atoms with Gasteiger partial charge in [0, 0.05) is 29.4 Å². The van der Waals surface area contributed by atoms with Crippen LogP contribution in [-0.2, 0) is 10.8 Å². The molecule has 3 nitrogen and oxygen atoms in total. The van der Waals surface area contributed by atoms with Gasteiger partial charge in [-0.25, -0.2) is 0 Å². The highest BCUT2D eigenvalue weighted by Crippen LogP contribution is 1.82. The van der Waals surface area contributed by atoms with Crippen LogP contribution in [0.25, 0.3) is 0 Å². The Bertz CT molecular complexity index is 117. The fourth-order valence-corrected chi connectivity index (χ4v) is 1.26. The molecule has 2 atom stereocenters. The molecule has 0 aromatic heterocycles. The first kappa shape index (κ1) is 11.1. The lowest BCUT2D eigenvalue weighted by Crippen LogP contribution is -2.25. The predicted molar refractivity (Wildman–Crippen MR) is 48.1 cm³/mol. The van der Waals surface area contributed by atoms with Gasteiger partial charge in [-0.1, -0.05) is 0 Å². The largest absolute Gasteiger partial charge is 0.392 e. The lowest BCUT2D eigenvalue weighted by molar-refractivity contribution is 0.191. The summed E-state index contributed by atoms with van der Waals surface area (Å²) < 4.78 is 10.6. The second-order valence-electron chi connectivity index (χ2n) is 2.68. The van der Waals surface area contributed by atoms with Crippen LogP contribution in [0.15, 0.2) is 0 Å². The van der Waals surface area contributed by atoms with Crippen molar-refractivity contribution in [3.8, 4) is 0 Å². The smallest absolute Gasteiger partial charge is 0.0636 e. The van der Waals surface area contributed by atoms with Gasteiger partial charge in [0.15, 0.2) is 0 Å². The molecular formula is C7H17NO2S. The normalized spacial score (nSPS) is 16.3. The monoisotopic (exact) mass is 179 g/mol. The Hall–Kier alpha value is 0.0700. The van der Waals surface area contributed by atoms with Crippen molar-refractivity contribution in [3.63, 3.8) is 0 Å². The van der Waals surface area contributed by atoms with Crippen LogP contribution >= 0.6 is 0 Å². The highest BCUT2D eigenvalue weighted by molar-refractivity contribution is 7.84. The van der Waals surface area contributed by atoms with E-state index in [0.717, 1.165) is 18.7 Å². The van der Waals surface area contributed by atoms with Crippen LogP contribution in [0.1, 0.15) is 13.3 Å². The van der Waals surface area contributed by atoms with Gasteiger partial charge >= 0.3 is 0 Å². The fraction of sp³-hybridized carbons (Fsp3) is 1.00. The predicted octanol–water partition coefficient (Wildman–Crippen LogP) is -0.275. The van der Waals surface area contributed by atoms with Crippen molar-refractivity contribution < 1.29 is 9.32 Å². The second-order valence-corrected chi connectivity index (χ2v) is 4.24. The molecule has 0 aromatic carbocycles. The summed E-state index contributed by atoms with van der Waals surface area (Å²) in [4.78, 5) is 0. The van der Waals surface area contributed by atoms with Crippen molar-refractivity contribution in [1.82, 2.24) is 5.32 Å². The number of rotatable bonds is 6. The van der Waals surface area contributed by atoms with Gasteiger partial charge in [0.05, 0.1) is 6.10 Å². The van der Waals surface area contributed by atoms with Gasteiger partial charge in [0.2, 0.25) is 0 Å². The third kappa shape index (κ3) is 10.1. The molecule has 2 N–H and O–H groups in total. The van der Waals surface area contributed by atoms with Crippen LogP contribution in [-0.4, -0.2) is 40.5 Å². The highest BCUT2D eigenvalue weighted by atomic mass is 32.2. The number of aliphatic hydroxyl groups excluding tert-OH is 1. The molecule has 0 saturated carbocycles. The molecule has 0 aliphatic rings. The zero-order valence-corrected chi connectivity index (χ0v) is 7.99. The Labute approximate surface area is 70.6 Å². The first-order valence-electron chi connectivity index (χ1n) is 3.81. The molecule has 11 heavy (non-hydrogen) atoms. The van der Waals surface area contributed by atoms with E-state index in [1.807, 2.05) is 0 Å². The molecule has 0 aliphatic heterocycles. The summed E-state index contributed by atoms with van der Waals surface area (Å²) in [6.07, 6.45) is 2.33. The maximum atomic E-state index is 10.6. The van der Waals surface area contributed by atoms with Crippen LogP contribution < -0.4 is 5.32 Å². The van der Waals surface area contributed by atoms with E-state index in [9.17, 15) is 4.21 Å². The lowest BCUT2D eigenvalue weighted by Gasteiger charge is -2.05. The first-order valence-corrected chi connectivity index (χ1v) is 5.54. The van der Waals surface area contributed by atoms with E-state index >= 15 is 0 Å². The van der Waals surface area contributed by atoms with Gasteiger partial charge in [-0.3, -0.25) is 4.21 Å². The number of aliphatic hydroxyl groups is 1. The highest BCUT2D eigenvalue weighted by Gasteiger charge is 1.94. The molecule has 0 saturated heterocycles. The Morgan fingerprint density at radius 1 is 1.64 bits per heavy atom. The molecule has 0 radical (unpaired) electrons. The van der Waals surface area contributed by atoms with E-state index in [4.69, 9.17) is 5.11 Å². The van der Waals surface area contributed by atoms with Gasteiger partial charge in [-0.15, -0.1) is 0 Å². The van der Waals surface area contributed by atoms with Gasteiger partial charge in [0.1, 0.15) is 0 Å². The van der Waals surface area contributed by atoms with E-state index < -0.39 is 10.8 Å². The van der Waals surface area contributed by atoms with E-state index in [2.05, 4.69) is 5.32 Å². The van der Waals surface area contributed by atoms with Gasteiger partial charge in [-0.2, -0.15) is 0 Å². The molecule has 0 rings (SSSR count). The molecular weight excluding hydrogens is 162 g/mol. The molecule has 0 fully saturated rings. The lowest BCUT2D eigenvalue weighted by atomic mass is 10.4. The fourth-order valence-electron chi connectivity index (χ4n) is 0.711. The van der Waals surface area contributed by atoms with Crippen molar-refractivity contribution in [2.24, 2.45) is 0 Å². The Morgan fingerprint density at radius 3 is 2.73 bits per heavy atom. The zero-order valence-electron chi connectivity index (χ0n) is 7.17. The summed E-state index contributed by atoms with van der Waals surface area (Å²) in [6, 6.07) is 0. The molecule has 2 unspecified atom stereocenters. The number of hydrogen-bond acceptors (Lipinski definition) is 3. The van der Waals surface area contributed by atoms with Crippen LogP contribution in [0.3, 0.4) is 0 Å². The number of hydrogen-bond donors (Lipinski definition) is 2. The summed E-state index contributed by atoms with van der Waals surface area (Å²) >= 11 is 0. The van der Waals surface area contributed by atoms with Gasteiger partial charge in [0.25, 0.3) is 0 Å². The maximum Gasteiger partial charge on any atom is 0.0636 e. The van der Waals surface area contributed by atoms with E-state index in [-0.39, 0.29) is 6.10 Å². The maximum absolute atomic E-state index is 10.6. The third-order valence-electron chi connectivity index (χ3n) is 1.23. The summed E-state index contributed by atoms with van der Waals surface area (Å²) in [5.74, 6) is 0.743. The van der Waals surface area contributed by atoms with Crippen LogP contribution in [0.4, 0.5) is 0 Å². The Balaban J connectivity index is 2.97. The van der Waals surface area contributed by atoms with Crippen molar-refractivity contribution in [2.75, 3.05) is 25.1 Å². The van der Waals surface area contributed by atoms with Gasteiger partial charge in [-0.05, 0) is 19.9 Å². The Kier molecular flexibility index (Phi) is 6.80. The molecule has 0 aromatic rings. The zero-order chi connectivity index (χ0) is 8.69. The number of nitrogens with one attached hydrogen (secondary N) is 1. The average molecular weight is 179 g/mol. The van der Waals surface area contributed by atoms with Crippen molar-refractivity contribution in [2.45, 2.75) is 19.4 Å². The molecule has 0 spiro atoms. The molecule has 0 heterocycles. The van der Waals surface area contributed by atoms with E-state index in [1.165, 1.54) is 0 Å². The topological polar surface area (TPSA) is 49.3 Å². The molecule has 68 valence electrons. The SMILES string of the molecule is CC(O)CNCCCS(C)=O. The summed E-state index contributed by atoms with van der Waals surface area (Å²) in [6.45, 7) is 3.20. The second kappa shape index (κ2) is 6.76. The Morgan fingerprint density at radius 2 is 2.27 bits per heavy atom. The van der Waals surface area contributed by atoms with Crippen LogP contribution in [0, 0.1) is 0 Å². The molecule has 4 heteroatoms. The van der Waals surface area contributed by atoms with Crippen LogP contribution in [0.2, 0.25) is 0 Å². The molecule has 0 aliphatic carbocycles. The first-order chi connectivity index (χ1) is 5.13. The molecule has 0 bridgehead atoms. The summed E-state index contributed by atoms with van der Waals surface area (Å²) in [5, 5.41) is 11.9. The minimum atomic E-state index is -0.682. The summed E-state index contributed by atoms with van der Waals surface area (Å²) in [5.41, 5.74) is 0.